The molecule has 1 aromatic rings. The summed E-state index contributed by atoms with van der Waals surface area (Å²) in [6.45, 7) is 2.95. The molecule has 0 saturated carbocycles. The van der Waals surface area contributed by atoms with Gasteiger partial charge in [0.15, 0.2) is 0 Å². The van der Waals surface area contributed by atoms with Crippen LogP contribution in [0.1, 0.15) is 18.4 Å². The molecular formula is C11H16Cl2N4. The molecule has 1 aliphatic rings. The zero-order valence-corrected chi connectivity index (χ0v) is 11.3. The first-order valence-electron chi connectivity index (χ1n) is 5.75. The number of aromatic nitrogens is 2. The van der Waals surface area contributed by atoms with Crippen LogP contribution in [0.4, 0.5) is 0 Å². The molecule has 0 aromatic carbocycles. The predicted molar refractivity (Wildman–Crippen MR) is 69.4 cm³/mol. The summed E-state index contributed by atoms with van der Waals surface area (Å²) in [4.78, 5) is 10.3. The molecule has 6 heteroatoms. The number of nitrogens with one attached hydrogen (secondary N) is 1. The van der Waals surface area contributed by atoms with Gasteiger partial charge in [0.2, 0.25) is 5.28 Å². The molecule has 0 aliphatic carbocycles. The van der Waals surface area contributed by atoms with Crippen molar-refractivity contribution in [3.05, 3.63) is 22.2 Å². The molecule has 1 fully saturated rings. The van der Waals surface area contributed by atoms with E-state index in [-0.39, 0.29) is 5.28 Å². The number of hydrogen-bond donors (Lipinski definition) is 1. The molecule has 0 unspecified atom stereocenters. The highest BCUT2D eigenvalue weighted by molar-refractivity contribution is 6.32. The van der Waals surface area contributed by atoms with Gasteiger partial charge >= 0.3 is 0 Å². The first-order valence-corrected chi connectivity index (χ1v) is 6.51. The molecule has 0 spiro atoms. The zero-order valence-electron chi connectivity index (χ0n) is 9.79. The second kappa shape index (κ2) is 5.96. The molecule has 17 heavy (non-hydrogen) atoms. The van der Waals surface area contributed by atoms with Gasteiger partial charge < -0.3 is 5.32 Å². The zero-order chi connectivity index (χ0) is 12.3. The lowest BCUT2D eigenvalue weighted by Gasteiger charge is -2.31. The van der Waals surface area contributed by atoms with Gasteiger partial charge in [0.1, 0.15) is 5.15 Å². The number of hydrogen-bond acceptors (Lipinski definition) is 4. The number of rotatable bonds is 3. The summed E-state index contributed by atoms with van der Waals surface area (Å²) >= 11 is 11.7. The smallest absolute Gasteiger partial charge is 0.223 e. The highest BCUT2D eigenvalue weighted by Gasteiger charge is 2.18. The van der Waals surface area contributed by atoms with Gasteiger partial charge in [-0.2, -0.15) is 0 Å². The Hall–Kier alpha value is -0.420. The number of piperidine rings is 1. The molecule has 1 N–H and O–H groups in total. The molecule has 4 nitrogen and oxygen atoms in total. The molecule has 2 heterocycles. The van der Waals surface area contributed by atoms with E-state index in [1.807, 2.05) is 7.05 Å². The molecule has 2 rings (SSSR count). The Bertz CT molecular complexity index is 378. The van der Waals surface area contributed by atoms with Gasteiger partial charge in [-0.05, 0) is 44.6 Å². The van der Waals surface area contributed by atoms with Crippen LogP contribution in [0.5, 0.6) is 0 Å². The quantitative estimate of drug-likeness (QED) is 0.676. The Morgan fingerprint density at radius 3 is 2.71 bits per heavy atom. The summed E-state index contributed by atoms with van der Waals surface area (Å²) in [6.07, 6.45) is 4.05. The fourth-order valence-electron chi connectivity index (χ4n) is 2.09. The SMILES string of the molecule is CNC1CCN(Cc2cnc(Cl)nc2Cl)CC1. The Balaban J connectivity index is 1.93. The average molecular weight is 275 g/mol. The summed E-state index contributed by atoms with van der Waals surface area (Å²) in [7, 11) is 2.02. The van der Waals surface area contributed by atoms with Crippen LogP contribution in [0.25, 0.3) is 0 Å². The minimum atomic E-state index is 0.202. The average Bonchev–Trinajstić information content (AvgIpc) is 2.34. The molecule has 1 aromatic heterocycles. The minimum Gasteiger partial charge on any atom is -0.317 e. The lowest BCUT2D eigenvalue weighted by Crippen LogP contribution is -2.40. The Morgan fingerprint density at radius 1 is 1.41 bits per heavy atom. The van der Waals surface area contributed by atoms with Crippen LogP contribution in [0.3, 0.4) is 0 Å². The molecule has 1 saturated heterocycles. The van der Waals surface area contributed by atoms with E-state index in [1.165, 1.54) is 12.8 Å². The van der Waals surface area contributed by atoms with Crippen LogP contribution in [0.15, 0.2) is 6.20 Å². The van der Waals surface area contributed by atoms with Crippen LogP contribution >= 0.6 is 23.2 Å². The maximum Gasteiger partial charge on any atom is 0.223 e. The van der Waals surface area contributed by atoms with Crippen LogP contribution < -0.4 is 5.32 Å². The maximum atomic E-state index is 6.03. The molecule has 1 aliphatic heterocycles. The van der Waals surface area contributed by atoms with E-state index in [9.17, 15) is 0 Å². The van der Waals surface area contributed by atoms with Gasteiger partial charge in [0.05, 0.1) is 0 Å². The van der Waals surface area contributed by atoms with E-state index in [0.29, 0.717) is 11.2 Å². The first-order chi connectivity index (χ1) is 8.19. The van der Waals surface area contributed by atoms with E-state index < -0.39 is 0 Å². The van der Waals surface area contributed by atoms with Crippen LogP contribution in [-0.2, 0) is 6.54 Å². The summed E-state index contributed by atoms with van der Waals surface area (Å²) in [6, 6.07) is 0.642. The third kappa shape index (κ3) is 3.52. The van der Waals surface area contributed by atoms with Crippen molar-refractivity contribution >= 4 is 23.2 Å². The van der Waals surface area contributed by atoms with Gasteiger partial charge in [0.25, 0.3) is 0 Å². The van der Waals surface area contributed by atoms with Crippen LogP contribution in [0.2, 0.25) is 10.4 Å². The minimum absolute atomic E-state index is 0.202. The Morgan fingerprint density at radius 2 is 2.12 bits per heavy atom. The third-order valence-corrected chi connectivity index (χ3v) is 3.68. The standard InChI is InChI=1S/C11H16Cl2N4/c1-14-9-2-4-17(5-3-9)7-8-6-15-11(13)16-10(8)12/h6,9,14H,2-5,7H2,1H3. The van der Waals surface area contributed by atoms with Crippen molar-refractivity contribution in [3.63, 3.8) is 0 Å². The highest BCUT2D eigenvalue weighted by Crippen LogP contribution is 2.18. The normalized spacial score (nSPS) is 18.5. The molecule has 0 atom stereocenters. The first kappa shape index (κ1) is 13.0. The number of halogens is 2. The van der Waals surface area contributed by atoms with Crippen molar-refractivity contribution in [1.29, 1.82) is 0 Å². The predicted octanol–water partition coefficient (Wildman–Crippen LogP) is 1.97. The van der Waals surface area contributed by atoms with E-state index in [1.54, 1.807) is 6.20 Å². The van der Waals surface area contributed by atoms with Gasteiger partial charge in [0, 0.05) is 24.3 Å². The second-order valence-electron chi connectivity index (χ2n) is 4.29. The van der Waals surface area contributed by atoms with E-state index >= 15 is 0 Å². The van der Waals surface area contributed by atoms with E-state index in [0.717, 1.165) is 25.2 Å². The molecule has 0 radical (unpaired) electrons. The third-order valence-electron chi connectivity index (χ3n) is 3.17. The van der Waals surface area contributed by atoms with Gasteiger partial charge in [-0.25, -0.2) is 9.97 Å². The Labute approximate surface area is 111 Å². The van der Waals surface area contributed by atoms with Crippen LogP contribution in [-0.4, -0.2) is 41.0 Å². The molecule has 0 bridgehead atoms. The van der Waals surface area contributed by atoms with Gasteiger partial charge in [-0.15, -0.1) is 0 Å². The highest BCUT2D eigenvalue weighted by atomic mass is 35.5. The summed E-state index contributed by atoms with van der Waals surface area (Å²) in [5.74, 6) is 0. The lowest BCUT2D eigenvalue weighted by molar-refractivity contribution is 0.194. The van der Waals surface area contributed by atoms with Crippen molar-refractivity contribution in [2.24, 2.45) is 0 Å². The van der Waals surface area contributed by atoms with Crippen LogP contribution in [0, 0.1) is 0 Å². The van der Waals surface area contributed by atoms with Crippen molar-refractivity contribution in [2.45, 2.75) is 25.4 Å². The van der Waals surface area contributed by atoms with Gasteiger partial charge in [-0.1, -0.05) is 11.6 Å². The fraction of sp³-hybridized carbons (Fsp3) is 0.636. The summed E-state index contributed by atoms with van der Waals surface area (Å²) in [5.41, 5.74) is 0.943. The van der Waals surface area contributed by atoms with E-state index in [2.05, 4.69) is 20.2 Å². The molecule has 94 valence electrons. The van der Waals surface area contributed by atoms with Crippen molar-refractivity contribution in [3.8, 4) is 0 Å². The monoisotopic (exact) mass is 274 g/mol. The lowest BCUT2D eigenvalue weighted by atomic mass is 10.1. The molecule has 0 amide bonds. The number of likely N-dealkylation sites (tertiary alicyclic amines) is 1. The second-order valence-corrected chi connectivity index (χ2v) is 4.99. The number of nitrogens with zero attached hydrogens (tertiary/aromatic N) is 3. The van der Waals surface area contributed by atoms with E-state index in [4.69, 9.17) is 23.2 Å². The summed E-state index contributed by atoms with van der Waals surface area (Å²) < 4.78 is 0. The summed E-state index contributed by atoms with van der Waals surface area (Å²) in [5, 5.41) is 3.97. The largest absolute Gasteiger partial charge is 0.317 e. The fourth-order valence-corrected chi connectivity index (χ4v) is 2.46. The van der Waals surface area contributed by atoms with Crippen molar-refractivity contribution in [2.75, 3.05) is 20.1 Å². The Kier molecular flexibility index (Phi) is 4.56. The van der Waals surface area contributed by atoms with Gasteiger partial charge in [-0.3, -0.25) is 4.90 Å². The van der Waals surface area contributed by atoms with Crippen molar-refractivity contribution in [1.82, 2.24) is 20.2 Å². The molecular weight excluding hydrogens is 259 g/mol. The topological polar surface area (TPSA) is 41.0 Å². The van der Waals surface area contributed by atoms with Crippen molar-refractivity contribution < 1.29 is 0 Å². The maximum absolute atomic E-state index is 6.03.